The maximum absolute atomic E-state index is 9.91. The Hall–Kier alpha value is -2.42. The van der Waals surface area contributed by atoms with Crippen LogP contribution < -0.4 is 11.2 Å². The summed E-state index contributed by atoms with van der Waals surface area (Å²) in [6, 6.07) is 6.72. The van der Waals surface area contributed by atoms with Gasteiger partial charge in [0.15, 0.2) is 0 Å². The Morgan fingerprint density at radius 3 is 2.55 bits per heavy atom. The number of para-hydroxylation sites is 1. The molecule has 2 rings (SSSR count). The van der Waals surface area contributed by atoms with Crippen molar-refractivity contribution >= 4 is 11.8 Å². The van der Waals surface area contributed by atoms with Crippen molar-refractivity contribution in [2.45, 2.75) is 13.3 Å². The van der Waals surface area contributed by atoms with Crippen molar-refractivity contribution in [3.8, 4) is 16.9 Å². The number of nitrogen functional groups attached to an aromatic ring is 1. The number of nitrogens with one attached hydrogen (secondary N) is 1. The first-order chi connectivity index (χ1) is 9.52. The molecule has 106 valence electrons. The molecule has 0 amide bonds. The number of aromatic nitrogens is 2. The molecule has 1 aromatic heterocycles. The van der Waals surface area contributed by atoms with Crippen LogP contribution in [0.4, 0.5) is 11.8 Å². The standard InChI is InChI=1S/C12H15N5O3/c1-2-8-10(7-5-3-4-6-9(7)18)11(13)15-12(14-8)16-17(19)20/h3-6,18-20H,2H2,1H3,(H3,13,14,15,16). The first-order valence-corrected chi connectivity index (χ1v) is 5.92. The van der Waals surface area contributed by atoms with E-state index in [0.717, 1.165) is 0 Å². The molecule has 0 bridgehead atoms. The molecule has 2 aromatic rings. The summed E-state index contributed by atoms with van der Waals surface area (Å²) in [5, 5.41) is 27.1. The van der Waals surface area contributed by atoms with Gasteiger partial charge in [0, 0.05) is 16.5 Å². The van der Waals surface area contributed by atoms with Crippen LogP contribution >= 0.6 is 0 Å². The third-order valence-corrected chi connectivity index (χ3v) is 2.72. The first-order valence-electron chi connectivity index (χ1n) is 5.92. The van der Waals surface area contributed by atoms with E-state index >= 15 is 0 Å². The van der Waals surface area contributed by atoms with Crippen molar-refractivity contribution in [3.63, 3.8) is 0 Å². The molecule has 0 aliphatic heterocycles. The van der Waals surface area contributed by atoms with Gasteiger partial charge in [-0.25, -0.2) is 10.4 Å². The topological polar surface area (TPSA) is 128 Å². The molecule has 8 heteroatoms. The van der Waals surface area contributed by atoms with Gasteiger partial charge in [-0.15, -0.1) is 0 Å². The molecule has 0 saturated carbocycles. The molecule has 0 unspecified atom stereocenters. The van der Waals surface area contributed by atoms with Crippen molar-refractivity contribution in [2.75, 3.05) is 11.2 Å². The highest BCUT2D eigenvalue weighted by molar-refractivity contribution is 5.80. The van der Waals surface area contributed by atoms with Crippen LogP contribution in [-0.2, 0) is 6.42 Å². The number of hydrogen-bond donors (Lipinski definition) is 5. The molecular formula is C12H15N5O3. The molecule has 20 heavy (non-hydrogen) atoms. The summed E-state index contributed by atoms with van der Waals surface area (Å²) in [6.07, 6.45) is 0.530. The summed E-state index contributed by atoms with van der Waals surface area (Å²) in [5.41, 5.74) is 9.61. The maximum Gasteiger partial charge on any atom is 0.243 e. The fourth-order valence-electron chi connectivity index (χ4n) is 1.90. The van der Waals surface area contributed by atoms with Gasteiger partial charge in [0.05, 0.1) is 5.69 Å². The third-order valence-electron chi connectivity index (χ3n) is 2.72. The number of hydrogen-bond acceptors (Lipinski definition) is 8. The molecule has 0 atom stereocenters. The second-order valence-corrected chi connectivity index (χ2v) is 4.03. The molecule has 0 fully saturated rings. The smallest absolute Gasteiger partial charge is 0.243 e. The highest BCUT2D eigenvalue weighted by atomic mass is 16.8. The molecule has 8 nitrogen and oxygen atoms in total. The van der Waals surface area contributed by atoms with Gasteiger partial charge in [0.25, 0.3) is 0 Å². The lowest BCUT2D eigenvalue weighted by atomic mass is 10.0. The van der Waals surface area contributed by atoms with Crippen molar-refractivity contribution in [1.82, 2.24) is 15.3 Å². The molecule has 0 aliphatic rings. The van der Waals surface area contributed by atoms with E-state index in [1.807, 2.05) is 6.92 Å². The van der Waals surface area contributed by atoms with Gasteiger partial charge >= 0.3 is 0 Å². The van der Waals surface area contributed by atoms with Gasteiger partial charge in [0.1, 0.15) is 11.6 Å². The van der Waals surface area contributed by atoms with Crippen molar-refractivity contribution in [2.24, 2.45) is 0 Å². The van der Waals surface area contributed by atoms with Crippen molar-refractivity contribution in [3.05, 3.63) is 30.0 Å². The zero-order valence-corrected chi connectivity index (χ0v) is 10.8. The summed E-state index contributed by atoms with van der Waals surface area (Å²) < 4.78 is 0. The van der Waals surface area contributed by atoms with E-state index in [0.29, 0.717) is 23.2 Å². The predicted molar refractivity (Wildman–Crippen MR) is 72.0 cm³/mol. The lowest BCUT2D eigenvalue weighted by Crippen LogP contribution is -2.23. The number of phenols is 1. The Bertz CT molecular complexity index is 618. The summed E-state index contributed by atoms with van der Waals surface area (Å²) in [6.45, 7) is 1.87. The fourth-order valence-corrected chi connectivity index (χ4v) is 1.90. The third kappa shape index (κ3) is 2.77. The summed E-state index contributed by atoms with van der Waals surface area (Å²) in [4.78, 5) is 8.06. The first kappa shape index (κ1) is 14.0. The molecule has 1 heterocycles. The monoisotopic (exact) mass is 277 g/mol. The molecular weight excluding hydrogens is 262 g/mol. The number of anilines is 2. The molecule has 0 spiro atoms. The van der Waals surface area contributed by atoms with Crippen LogP contribution in [-0.4, -0.2) is 30.8 Å². The average Bonchev–Trinajstić information content (AvgIpc) is 2.38. The molecule has 1 aromatic carbocycles. The molecule has 0 saturated heterocycles. The lowest BCUT2D eigenvalue weighted by molar-refractivity contribution is -0.288. The van der Waals surface area contributed by atoms with E-state index in [9.17, 15) is 5.11 Å². The molecule has 6 N–H and O–H groups in total. The number of nitrogens with two attached hydrogens (primary N) is 1. The highest BCUT2D eigenvalue weighted by Crippen LogP contribution is 2.34. The van der Waals surface area contributed by atoms with Crippen LogP contribution in [0.25, 0.3) is 11.1 Å². The van der Waals surface area contributed by atoms with Gasteiger partial charge in [-0.3, -0.25) is 10.4 Å². The van der Waals surface area contributed by atoms with E-state index in [4.69, 9.17) is 16.1 Å². The largest absolute Gasteiger partial charge is 0.507 e. The van der Waals surface area contributed by atoms with Crippen LogP contribution in [0.1, 0.15) is 12.6 Å². The predicted octanol–water partition coefficient (Wildman–Crippen LogP) is 1.40. The summed E-state index contributed by atoms with van der Waals surface area (Å²) in [5.74, 6) is 0.148. The van der Waals surface area contributed by atoms with Gasteiger partial charge < -0.3 is 10.8 Å². The SMILES string of the molecule is CCc1nc(NN(O)O)nc(N)c1-c1ccccc1O. The number of benzene rings is 1. The fraction of sp³-hybridized carbons (Fsp3) is 0.167. The minimum Gasteiger partial charge on any atom is -0.507 e. The number of nitrogens with zero attached hydrogens (tertiary/aromatic N) is 3. The van der Waals surface area contributed by atoms with Crippen molar-refractivity contribution in [1.29, 1.82) is 0 Å². The van der Waals surface area contributed by atoms with E-state index in [1.54, 1.807) is 24.3 Å². The van der Waals surface area contributed by atoms with E-state index in [1.165, 1.54) is 0 Å². The van der Waals surface area contributed by atoms with Crippen LogP contribution in [0, 0.1) is 0 Å². The van der Waals surface area contributed by atoms with Gasteiger partial charge in [-0.1, -0.05) is 25.1 Å². The van der Waals surface area contributed by atoms with Crippen LogP contribution in [0.15, 0.2) is 24.3 Å². The van der Waals surface area contributed by atoms with Crippen LogP contribution in [0.5, 0.6) is 5.75 Å². The molecule has 0 radical (unpaired) electrons. The minimum absolute atomic E-state index is 0.0523. The van der Waals surface area contributed by atoms with Gasteiger partial charge in [0.2, 0.25) is 5.95 Å². The normalized spacial score (nSPS) is 10.8. The molecule has 0 aliphatic carbocycles. The Morgan fingerprint density at radius 1 is 1.25 bits per heavy atom. The second-order valence-electron chi connectivity index (χ2n) is 4.03. The van der Waals surface area contributed by atoms with E-state index < -0.39 is 0 Å². The highest BCUT2D eigenvalue weighted by Gasteiger charge is 2.16. The number of hydrazine groups is 1. The number of aromatic hydroxyl groups is 1. The van der Waals surface area contributed by atoms with E-state index in [2.05, 4.69) is 15.4 Å². The minimum atomic E-state index is -0.256. The number of rotatable bonds is 4. The number of phenolic OH excluding ortho intramolecular Hbond substituents is 1. The van der Waals surface area contributed by atoms with Crippen LogP contribution in [0.3, 0.4) is 0 Å². The lowest BCUT2D eigenvalue weighted by Gasteiger charge is -2.14. The zero-order chi connectivity index (χ0) is 14.7. The summed E-state index contributed by atoms with van der Waals surface area (Å²) in [7, 11) is 0. The van der Waals surface area contributed by atoms with Crippen molar-refractivity contribution < 1.29 is 15.5 Å². The quantitative estimate of drug-likeness (QED) is 0.530. The van der Waals surface area contributed by atoms with E-state index in [-0.39, 0.29) is 22.9 Å². The number of aryl methyl sites for hydroxylation is 1. The Balaban J connectivity index is 2.56. The maximum atomic E-state index is 9.91. The Labute approximate surface area is 115 Å². The Kier molecular flexibility index (Phi) is 3.99. The summed E-state index contributed by atoms with van der Waals surface area (Å²) >= 11 is 0. The van der Waals surface area contributed by atoms with Gasteiger partial charge in [-0.2, -0.15) is 4.98 Å². The zero-order valence-electron chi connectivity index (χ0n) is 10.8. The second kappa shape index (κ2) is 5.70. The van der Waals surface area contributed by atoms with Gasteiger partial charge in [-0.05, 0) is 12.5 Å². The Morgan fingerprint density at radius 2 is 1.95 bits per heavy atom. The average molecular weight is 277 g/mol. The van der Waals surface area contributed by atoms with Crippen LogP contribution in [0.2, 0.25) is 0 Å².